The minimum atomic E-state index is -0.316. The fraction of sp³-hybridized carbons (Fsp3) is 0.0417. The Kier molecular flexibility index (Phi) is 4.91. The highest BCUT2D eigenvalue weighted by molar-refractivity contribution is 6.30. The quantitative estimate of drug-likeness (QED) is 0.402. The van der Waals surface area contributed by atoms with Crippen LogP contribution in [0.2, 0.25) is 5.02 Å². The van der Waals surface area contributed by atoms with Gasteiger partial charge in [-0.3, -0.25) is 0 Å². The van der Waals surface area contributed by atoms with Crippen molar-refractivity contribution < 1.29 is 9.53 Å². The Labute approximate surface area is 163 Å². The number of hydrogen-bond donors (Lipinski definition) is 0. The number of hydrogen-bond acceptors (Lipinski definition) is 2. The van der Waals surface area contributed by atoms with Gasteiger partial charge in [0, 0.05) is 28.2 Å². The van der Waals surface area contributed by atoms with E-state index in [1.165, 1.54) is 0 Å². The molecule has 0 radical (unpaired) electrons. The Bertz CT molecular complexity index is 1020. The molecule has 1 heterocycles. The summed E-state index contributed by atoms with van der Waals surface area (Å²) in [5.74, 6) is 0.309. The lowest BCUT2D eigenvalue weighted by molar-refractivity contribution is -0.132. The molecule has 0 saturated heterocycles. The van der Waals surface area contributed by atoms with Gasteiger partial charge in [-0.1, -0.05) is 84.4 Å². The molecule has 0 unspecified atom stereocenters. The maximum Gasteiger partial charge on any atom is 0.339 e. The number of rotatable bonds is 3. The van der Waals surface area contributed by atoms with Crippen molar-refractivity contribution in [3.8, 4) is 0 Å². The van der Waals surface area contributed by atoms with Crippen molar-refractivity contribution >= 4 is 35.0 Å². The van der Waals surface area contributed by atoms with Gasteiger partial charge >= 0.3 is 5.97 Å². The number of carbonyl (C=O) groups is 1. The standard InChI is InChI=1S/C24H17ClO2/c25-21-13-11-17(12-14-21)15-20-16-22(18-7-3-1-4-8-18)23(27-24(20)26)19-9-5-2-6-10-19/h1-15H,16H2/b20-15+. The highest BCUT2D eigenvalue weighted by Crippen LogP contribution is 2.37. The molecule has 27 heavy (non-hydrogen) atoms. The van der Waals surface area contributed by atoms with Crippen LogP contribution < -0.4 is 0 Å². The first-order valence-corrected chi connectivity index (χ1v) is 9.11. The first-order chi connectivity index (χ1) is 13.2. The van der Waals surface area contributed by atoms with Gasteiger partial charge in [-0.25, -0.2) is 4.79 Å². The van der Waals surface area contributed by atoms with Crippen LogP contribution in [0.25, 0.3) is 17.4 Å². The van der Waals surface area contributed by atoms with Crippen LogP contribution in [0.3, 0.4) is 0 Å². The molecule has 0 spiro atoms. The highest BCUT2D eigenvalue weighted by atomic mass is 35.5. The fourth-order valence-corrected chi connectivity index (χ4v) is 3.25. The molecule has 0 aliphatic carbocycles. The van der Waals surface area contributed by atoms with E-state index in [2.05, 4.69) is 0 Å². The number of esters is 1. The smallest absolute Gasteiger partial charge is 0.339 e. The predicted molar refractivity (Wildman–Crippen MR) is 110 cm³/mol. The summed E-state index contributed by atoms with van der Waals surface area (Å²) in [5, 5.41) is 0.666. The van der Waals surface area contributed by atoms with Gasteiger partial charge in [0.15, 0.2) is 0 Å². The number of allylic oxidation sites excluding steroid dienone is 1. The molecule has 1 aliphatic rings. The lowest BCUT2D eigenvalue weighted by Gasteiger charge is -2.22. The van der Waals surface area contributed by atoms with E-state index < -0.39 is 0 Å². The van der Waals surface area contributed by atoms with Crippen molar-refractivity contribution in [2.45, 2.75) is 6.42 Å². The first kappa shape index (κ1) is 17.3. The van der Waals surface area contributed by atoms with E-state index in [-0.39, 0.29) is 5.97 Å². The van der Waals surface area contributed by atoms with Crippen molar-refractivity contribution in [1.29, 1.82) is 0 Å². The molecule has 3 heteroatoms. The van der Waals surface area contributed by atoms with Gasteiger partial charge < -0.3 is 4.74 Å². The second kappa shape index (κ2) is 7.65. The Balaban J connectivity index is 1.80. The summed E-state index contributed by atoms with van der Waals surface area (Å²) in [6.07, 6.45) is 2.37. The Morgan fingerprint density at radius 1 is 0.778 bits per heavy atom. The van der Waals surface area contributed by atoms with Crippen LogP contribution in [0.15, 0.2) is 90.5 Å². The summed E-state index contributed by atoms with van der Waals surface area (Å²) in [5.41, 5.74) is 4.49. The lowest BCUT2D eigenvalue weighted by Crippen LogP contribution is -2.15. The van der Waals surface area contributed by atoms with E-state index in [4.69, 9.17) is 16.3 Å². The number of benzene rings is 3. The van der Waals surface area contributed by atoms with Crippen molar-refractivity contribution in [3.63, 3.8) is 0 Å². The van der Waals surface area contributed by atoms with E-state index in [9.17, 15) is 4.79 Å². The minimum Gasteiger partial charge on any atom is -0.422 e. The Morgan fingerprint density at radius 2 is 1.37 bits per heavy atom. The molecule has 0 saturated carbocycles. The van der Waals surface area contributed by atoms with Gasteiger partial charge in [-0.2, -0.15) is 0 Å². The monoisotopic (exact) mass is 372 g/mol. The molecule has 0 atom stereocenters. The van der Waals surface area contributed by atoms with E-state index >= 15 is 0 Å². The fourth-order valence-electron chi connectivity index (χ4n) is 3.13. The van der Waals surface area contributed by atoms with Crippen molar-refractivity contribution in [1.82, 2.24) is 0 Å². The van der Waals surface area contributed by atoms with Crippen LogP contribution in [0.5, 0.6) is 0 Å². The van der Waals surface area contributed by atoms with Gasteiger partial charge in [0.05, 0.1) is 0 Å². The zero-order valence-corrected chi connectivity index (χ0v) is 15.3. The van der Waals surface area contributed by atoms with Gasteiger partial charge in [-0.15, -0.1) is 0 Å². The molecule has 0 N–H and O–H groups in total. The summed E-state index contributed by atoms with van der Waals surface area (Å²) in [7, 11) is 0. The topological polar surface area (TPSA) is 26.3 Å². The third kappa shape index (κ3) is 3.86. The molecule has 0 fully saturated rings. The molecule has 2 nitrogen and oxygen atoms in total. The molecule has 132 valence electrons. The van der Waals surface area contributed by atoms with Crippen LogP contribution in [-0.2, 0) is 9.53 Å². The number of halogens is 1. The van der Waals surface area contributed by atoms with Crippen LogP contribution in [0.4, 0.5) is 0 Å². The van der Waals surface area contributed by atoms with E-state index in [0.29, 0.717) is 22.8 Å². The summed E-state index contributed by atoms with van der Waals surface area (Å²) in [4.78, 5) is 12.7. The second-order valence-corrected chi connectivity index (χ2v) is 6.76. The second-order valence-electron chi connectivity index (χ2n) is 6.33. The SMILES string of the molecule is O=C1OC(c2ccccc2)=C(c2ccccc2)C/C1=C\c1ccc(Cl)cc1. The van der Waals surface area contributed by atoms with E-state index in [1.807, 2.05) is 91.0 Å². The average molecular weight is 373 g/mol. The van der Waals surface area contributed by atoms with Crippen molar-refractivity contribution in [3.05, 3.63) is 112 Å². The van der Waals surface area contributed by atoms with E-state index in [1.54, 1.807) is 0 Å². The molecule has 1 aliphatic heterocycles. The lowest BCUT2D eigenvalue weighted by atomic mass is 9.91. The Morgan fingerprint density at radius 3 is 2.00 bits per heavy atom. The van der Waals surface area contributed by atoms with E-state index in [0.717, 1.165) is 22.3 Å². The van der Waals surface area contributed by atoms with Crippen LogP contribution in [-0.4, -0.2) is 5.97 Å². The number of carbonyl (C=O) groups excluding carboxylic acids is 1. The van der Waals surface area contributed by atoms with Crippen molar-refractivity contribution in [2.75, 3.05) is 0 Å². The predicted octanol–water partition coefficient (Wildman–Crippen LogP) is 6.24. The molecule has 3 aromatic rings. The summed E-state index contributed by atoms with van der Waals surface area (Å²) >= 11 is 5.95. The zero-order chi connectivity index (χ0) is 18.6. The molecule has 3 aromatic carbocycles. The maximum atomic E-state index is 12.7. The molecule has 0 aromatic heterocycles. The first-order valence-electron chi connectivity index (χ1n) is 8.73. The molecular weight excluding hydrogens is 356 g/mol. The number of cyclic esters (lactones) is 1. The third-order valence-corrected chi connectivity index (χ3v) is 4.72. The maximum absolute atomic E-state index is 12.7. The summed E-state index contributed by atoms with van der Waals surface area (Å²) < 4.78 is 5.79. The van der Waals surface area contributed by atoms with Crippen molar-refractivity contribution in [2.24, 2.45) is 0 Å². The zero-order valence-electron chi connectivity index (χ0n) is 14.6. The van der Waals surface area contributed by atoms with Gasteiger partial charge in [0.25, 0.3) is 0 Å². The Hall–Kier alpha value is -3.10. The van der Waals surface area contributed by atoms with Crippen LogP contribution in [0.1, 0.15) is 23.1 Å². The third-order valence-electron chi connectivity index (χ3n) is 4.47. The van der Waals surface area contributed by atoms with Gasteiger partial charge in [0.1, 0.15) is 5.76 Å². The largest absolute Gasteiger partial charge is 0.422 e. The van der Waals surface area contributed by atoms with Crippen LogP contribution in [0, 0.1) is 0 Å². The average Bonchev–Trinajstić information content (AvgIpc) is 2.72. The molecule has 0 bridgehead atoms. The minimum absolute atomic E-state index is 0.316. The molecular formula is C24H17ClO2. The normalized spacial score (nSPS) is 15.7. The van der Waals surface area contributed by atoms with Gasteiger partial charge in [0.2, 0.25) is 0 Å². The van der Waals surface area contributed by atoms with Crippen LogP contribution >= 0.6 is 11.6 Å². The number of ether oxygens (including phenoxy) is 1. The molecule has 4 rings (SSSR count). The summed E-state index contributed by atoms with van der Waals surface area (Å²) in [6, 6.07) is 27.2. The highest BCUT2D eigenvalue weighted by Gasteiger charge is 2.26. The van der Waals surface area contributed by atoms with Gasteiger partial charge in [-0.05, 0) is 29.3 Å². The summed E-state index contributed by atoms with van der Waals surface area (Å²) in [6.45, 7) is 0. The molecule has 0 amide bonds.